The third kappa shape index (κ3) is 3.33. The highest BCUT2D eigenvalue weighted by atomic mass is 16.5. The molecule has 2 heterocycles. The molecule has 1 amide bonds. The molecule has 1 N–H and O–H groups in total. The molecule has 6 heteroatoms. The number of aromatic nitrogens is 2. The Bertz CT molecular complexity index is 675. The van der Waals surface area contributed by atoms with Crippen LogP contribution in [0, 0.1) is 6.92 Å². The summed E-state index contributed by atoms with van der Waals surface area (Å²) in [6.07, 6.45) is 1.71. The van der Waals surface area contributed by atoms with Gasteiger partial charge in [-0.05, 0) is 19.1 Å². The number of ether oxygens (including phenoxy) is 1. The molecule has 0 atom stereocenters. The maximum absolute atomic E-state index is 12.1. The average molecular weight is 298 g/mol. The van der Waals surface area contributed by atoms with E-state index in [0.29, 0.717) is 25.6 Å². The van der Waals surface area contributed by atoms with Crippen LogP contribution in [0.3, 0.4) is 0 Å². The monoisotopic (exact) mass is 298 g/mol. The third-order valence-corrected chi connectivity index (χ3v) is 3.50. The SMILES string of the molecule is Cc1ccnc(NCCN2Cc3ccccc3OCC2=O)n1. The molecule has 0 spiro atoms. The number of carbonyl (C=O) groups excluding carboxylic acids is 1. The van der Waals surface area contributed by atoms with Gasteiger partial charge in [0.25, 0.3) is 5.91 Å². The van der Waals surface area contributed by atoms with E-state index in [0.717, 1.165) is 17.0 Å². The first-order valence-corrected chi connectivity index (χ1v) is 7.24. The zero-order valence-corrected chi connectivity index (χ0v) is 12.5. The van der Waals surface area contributed by atoms with Crippen molar-refractivity contribution in [3.63, 3.8) is 0 Å². The second kappa shape index (κ2) is 6.43. The number of amides is 1. The maximum atomic E-state index is 12.1. The van der Waals surface area contributed by atoms with Crippen molar-refractivity contribution >= 4 is 11.9 Å². The smallest absolute Gasteiger partial charge is 0.260 e. The lowest BCUT2D eigenvalue weighted by Gasteiger charge is -2.20. The van der Waals surface area contributed by atoms with E-state index >= 15 is 0 Å². The van der Waals surface area contributed by atoms with E-state index in [9.17, 15) is 4.79 Å². The minimum Gasteiger partial charge on any atom is -0.483 e. The molecule has 0 fully saturated rings. The zero-order valence-electron chi connectivity index (χ0n) is 12.5. The van der Waals surface area contributed by atoms with Crippen LogP contribution in [0.2, 0.25) is 0 Å². The van der Waals surface area contributed by atoms with Crippen molar-refractivity contribution in [2.75, 3.05) is 25.0 Å². The van der Waals surface area contributed by atoms with Gasteiger partial charge in [0, 0.05) is 37.1 Å². The number of para-hydroxylation sites is 1. The quantitative estimate of drug-likeness (QED) is 0.929. The molecule has 1 aromatic heterocycles. The number of aryl methyl sites for hydroxylation is 1. The Morgan fingerprint density at radius 3 is 3.05 bits per heavy atom. The van der Waals surface area contributed by atoms with Crippen LogP contribution < -0.4 is 10.1 Å². The van der Waals surface area contributed by atoms with Gasteiger partial charge in [-0.3, -0.25) is 4.79 Å². The summed E-state index contributed by atoms with van der Waals surface area (Å²) in [6.45, 7) is 3.73. The summed E-state index contributed by atoms with van der Waals surface area (Å²) < 4.78 is 5.53. The zero-order chi connectivity index (χ0) is 15.4. The first kappa shape index (κ1) is 14.3. The molecule has 1 aliphatic heterocycles. The highest BCUT2D eigenvalue weighted by Gasteiger charge is 2.20. The standard InChI is InChI=1S/C16H18N4O2/c1-12-6-7-17-16(19-12)18-8-9-20-10-13-4-2-3-5-14(13)22-11-15(20)21/h2-7H,8-11H2,1H3,(H,17,18,19). The Morgan fingerprint density at radius 1 is 1.32 bits per heavy atom. The first-order chi connectivity index (χ1) is 10.7. The molecular weight excluding hydrogens is 280 g/mol. The minimum atomic E-state index is -0.0110. The predicted octanol–water partition coefficient (Wildman–Crippen LogP) is 1.62. The molecule has 0 bridgehead atoms. The number of fused-ring (bicyclic) bond motifs is 1. The van der Waals surface area contributed by atoms with Crippen LogP contribution in [0.15, 0.2) is 36.5 Å². The molecule has 2 aromatic rings. The van der Waals surface area contributed by atoms with Crippen LogP contribution in [0.5, 0.6) is 5.75 Å². The van der Waals surface area contributed by atoms with E-state index in [4.69, 9.17) is 4.74 Å². The molecule has 1 aromatic carbocycles. The van der Waals surface area contributed by atoms with Gasteiger partial charge in [-0.25, -0.2) is 9.97 Å². The van der Waals surface area contributed by atoms with Gasteiger partial charge in [0.1, 0.15) is 5.75 Å². The van der Waals surface area contributed by atoms with Crippen molar-refractivity contribution in [1.82, 2.24) is 14.9 Å². The van der Waals surface area contributed by atoms with Crippen LogP contribution in [-0.2, 0) is 11.3 Å². The van der Waals surface area contributed by atoms with Crippen LogP contribution >= 0.6 is 0 Å². The highest BCUT2D eigenvalue weighted by molar-refractivity contribution is 5.78. The third-order valence-electron chi connectivity index (χ3n) is 3.50. The molecule has 0 aliphatic carbocycles. The number of carbonyl (C=O) groups is 1. The molecule has 0 saturated heterocycles. The number of hydrogen-bond acceptors (Lipinski definition) is 5. The fourth-order valence-electron chi connectivity index (χ4n) is 2.34. The lowest BCUT2D eigenvalue weighted by atomic mass is 10.2. The summed E-state index contributed by atoms with van der Waals surface area (Å²) in [5.74, 6) is 1.36. The van der Waals surface area contributed by atoms with Crippen molar-refractivity contribution in [3.05, 3.63) is 47.8 Å². The Balaban J connectivity index is 1.61. The molecule has 3 rings (SSSR count). The van der Waals surface area contributed by atoms with E-state index in [1.807, 2.05) is 37.3 Å². The fourth-order valence-corrected chi connectivity index (χ4v) is 2.34. The second-order valence-electron chi connectivity index (χ2n) is 5.16. The molecule has 22 heavy (non-hydrogen) atoms. The summed E-state index contributed by atoms with van der Waals surface area (Å²) in [4.78, 5) is 22.3. The molecule has 0 saturated carbocycles. The number of benzene rings is 1. The van der Waals surface area contributed by atoms with E-state index in [2.05, 4.69) is 15.3 Å². The van der Waals surface area contributed by atoms with Gasteiger partial charge in [0.15, 0.2) is 6.61 Å². The van der Waals surface area contributed by atoms with Crippen molar-refractivity contribution in [3.8, 4) is 5.75 Å². The molecule has 0 radical (unpaired) electrons. The van der Waals surface area contributed by atoms with Gasteiger partial charge < -0.3 is 15.0 Å². The summed E-state index contributed by atoms with van der Waals surface area (Å²) in [5.41, 5.74) is 1.94. The largest absolute Gasteiger partial charge is 0.483 e. The van der Waals surface area contributed by atoms with Gasteiger partial charge in [-0.15, -0.1) is 0 Å². The topological polar surface area (TPSA) is 67.3 Å². The summed E-state index contributed by atoms with van der Waals surface area (Å²) in [5, 5.41) is 3.14. The molecule has 6 nitrogen and oxygen atoms in total. The maximum Gasteiger partial charge on any atom is 0.260 e. The Hall–Kier alpha value is -2.63. The number of nitrogens with one attached hydrogen (secondary N) is 1. The summed E-state index contributed by atoms with van der Waals surface area (Å²) in [7, 11) is 0. The van der Waals surface area contributed by atoms with Crippen LogP contribution in [0.1, 0.15) is 11.3 Å². The molecular formula is C16H18N4O2. The fraction of sp³-hybridized carbons (Fsp3) is 0.312. The number of rotatable bonds is 4. The predicted molar refractivity (Wildman–Crippen MR) is 82.6 cm³/mol. The van der Waals surface area contributed by atoms with Crippen molar-refractivity contribution < 1.29 is 9.53 Å². The molecule has 1 aliphatic rings. The Morgan fingerprint density at radius 2 is 2.18 bits per heavy atom. The van der Waals surface area contributed by atoms with Crippen molar-refractivity contribution in [2.24, 2.45) is 0 Å². The molecule has 0 unspecified atom stereocenters. The van der Waals surface area contributed by atoms with Gasteiger partial charge in [0.2, 0.25) is 5.95 Å². The van der Waals surface area contributed by atoms with Crippen LogP contribution in [0.25, 0.3) is 0 Å². The van der Waals surface area contributed by atoms with Crippen LogP contribution in [-0.4, -0.2) is 40.5 Å². The average Bonchev–Trinajstić information content (AvgIpc) is 2.67. The number of nitrogens with zero attached hydrogens (tertiary/aromatic N) is 3. The van der Waals surface area contributed by atoms with E-state index < -0.39 is 0 Å². The Labute approximate surface area is 129 Å². The van der Waals surface area contributed by atoms with Gasteiger partial charge in [-0.1, -0.05) is 18.2 Å². The summed E-state index contributed by atoms with van der Waals surface area (Å²) in [6, 6.07) is 9.59. The second-order valence-corrected chi connectivity index (χ2v) is 5.16. The van der Waals surface area contributed by atoms with Crippen molar-refractivity contribution in [1.29, 1.82) is 0 Å². The van der Waals surface area contributed by atoms with E-state index in [1.54, 1.807) is 11.1 Å². The molecule has 114 valence electrons. The summed E-state index contributed by atoms with van der Waals surface area (Å²) >= 11 is 0. The minimum absolute atomic E-state index is 0.0110. The van der Waals surface area contributed by atoms with Gasteiger partial charge in [0.05, 0.1) is 0 Å². The number of anilines is 1. The lowest BCUT2D eigenvalue weighted by Crippen LogP contribution is -2.36. The van der Waals surface area contributed by atoms with Gasteiger partial charge in [-0.2, -0.15) is 0 Å². The Kier molecular flexibility index (Phi) is 4.18. The van der Waals surface area contributed by atoms with Gasteiger partial charge >= 0.3 is 0 Å². The van der Waals surface area contributed by atoms with Crippen molar-refractivity contribution in [2.45, 2.75) is 13.5 Å². The lowest BCUT2D eigenvalue weighted by molar-refractivity contribution is -0.133. The van der Waals surface area contributed by atoms with E-state index in [1.165, 1.54) is 0 Å². The van der Waals surface area contributed by atoms with Crippen LogP contribution in [0.4, 0.5) is 5.95 Å². The first-order valence-electron chi connectivity index (χ1n) is 7.24. The number of hydrogen-bond donors (Lipinski definition) is 1. The highest BCUT2D eigenvalue weighted by Crippen LogP contribution is 2.22. The normalized spacial score (nSPS) is 14.0. The van der Waals surface area contributed by atoms with E-state index in [-0.39, 0.29) is 12.5 Å².